The largest absolute Gasteiger partial charge is 0.490 e. The van der Waals surface area contributed by atoms with E-state index in [1.54, 1.807) is 12.2 Å². The maximum absolute atomic E-state index is 12.6. The van der Waals surface area contributed by atoms with Crippen molar-refractivity contribution in [2.45, 2.75) is 0 Å². The molecule has 0 bridgehead atoms. The van der Waals surface area contributed by atoms with Crippen molar-refractivity contribution in [2.75, 3.05) is 24.6 Å². The van der Waals surface area contributed by atoms with Gasteiger partial charge < -0.3 is 15.0 Å². The molecule has 0 spiro atoms. The minimum atomic E-state index is -0.602. The highest BCUT2D eigenvalue weighted by molar-refractivity contribution is 8.26. The number of carbonyl (C=O) groups is 2. The number of amides is 1. The van der Waals surface area contributed by atoms with Crippen LogP contribution < -0.4 is 15.0 Å². The van der Waals surface area contributed by atoms with Gasteiger partial charge in [0.15, 0.2) is 5.78 Å². The molecule has 0 saturated carbocycles. The average Bonchev–Trinajstić information content (AvgIpc) is 3.01. The summed E-state index contributed by atoms with van der Waals surface area (Å²) in [6.45, 7) is 1.52. The van der Waals surface area contributed by atoms with E-state index in [-0.39, 0.29) is 11.7 Å². The highest BCUT2D eigenvalue weighted by atomic mass is 32.2. The van der Waals surface area contributed by atoms with E-state index >= 15 is 0 Å². The summed E-state index contributed by atoms with van der Waals surface area (Å²) in [5.74, 6) is -0.246. The second kappa shape index (κ2) is 7.62. The van der Waals surface area contributed by atoms with Crippen molar-refractivity contribution in [3.63, 3.8) is 0 Å². The quantitative estimate of drug-likeness (QED) is 0.607. The summed E-state index contributed by atoms with van der Waals surface area (Å²) in [5, 5.41) is 12.3. The van der Waals surface area contributed by atoms with E-state index < -0.39 is 5.92 Å². The number of nitriles is 1. The van der Waals surface area contributed by atoms with E-state index in [0.29, 0.717) is 40.1 Å². The van der Waals surface area contributed by atoms with Crippen LogP contribution in [0.5, 0.6) is 5.75 Å². The first-order valence-corrected chi connectivity index (χ1v) is 9.87. The standard InChI is InChI=1S/C20H15N3O3S2/c21-10-13-12(9-18-19(25)22-20(27)28-18)5-6-16(24)14(13)11-23-7-8-26-17-4-2-1-3-15(17)23/h1-6,9,14H,7-8,11H2,(H,22,25,27). The Balaban J connectivity index is 1.66. The lowest BCUT2D eigenvalue weighted by Crippen LogP contribution is -2.39. The second-order valence-corrected chi connectivity index (χ2v) is 8.10. The third-order valence-corrected chi connectivity index (χ3v) is 5.87. The second-order valence-electron chi connectivity index (χ2n) is 6.38. The maximum atomic E-state index is 12.6. The summed E-state index contributed by atoms with van der Waals surface area (Å²) in [6.07, 6.45) is 4.69. The van der Waals surface area contributed by atoms with Crippen LogP contribution in [0.3, 0.4) is 0 Å². The topological polar surface area (TPSA) is 82.4 Å². The van der Waals surface area contributed by atoms with Gasteiger partial charge in [-0.2, -0.15) is 5.26 Å². The van der Waals surface area contributed by atoms with Gasteiger partial charge >= 0.3 is 0 Å². The Morgan fingerprint density at radius 1 is 1.36 bits per heavy atom. The normalized spacial score (nSPS) is 22.8. The number of ketones is 1. The summed E-state index contributed by atoms with van der Waals surface area (Å²) in [6, 6.07) is 9.82. The van der Waals surface area contributed by atoms with Crippen LogP contribution in [-0.2, 0) is 9.59 Å². The van der Waals surface area contributed by atoms with Gasteiger partial charge in [0.1, 0.15) is 16.7 Å². The molecule has 0 aromatic heterocycles. The Morgan fingerprint density at radius 3 is 2.93 bits per heavy atom. The van der Waals surface area contributed by atoms with Crippen molar-refractivity contribution in [1.29, 1.82) is 5.26 Å². The molecule has 2 heterocycles. The molecule has 1 N–H and O–H groups in total. The number of thiocarbonyl (C=S) groups is 1. The third kappa shape index (κ3) is 3.46. The summed E-state index contributed by atoms with van der Waals surface area (Å²) >= 11 is 6.16. The molecular weight excluding hydrogens is 394 g/mol. The number of allylic oxidation sites excluding steroid dienone is 4. The van der Waals surface area contributed by atoms with Crippen molar-refractivity contribution in [3.8, 4) is 11.8 Å². The van der Waals surface area contributed by atoms with Crippen LogP contribution in [0.1, 0.15) is 0 Å². The van der Waals surface area contributed by atoms with Crippen molar-refractivity contribution in [1.82, 2.24) is 5.32 Å². The van der Waals surface area contributed by atoms with E-state index in [0.717, 1.165) is 23.2 Å². The van der Waals surface area contributed by atoms with Gasteiger partial charge in [-0.15, -0.1) is 0 Å². The fourth-order valence-electron chi connectivity index (χ4n) is 3.37. The molecule has 1 amide bonds. The van der Waals surface area contributed by atoms with Gasteiger partial charge in [-0.05, 0) is 29.9 Å². The molecule has 1 unspecified atom stereocenters. The van der Waals surface area contributed by atoms with Gasteiger partial charge in [-0.25, -0.2) is 0 Å². The number of fused-ring (bicyclic) bond motifs is 1. The molecule has 1 aromatic carbocycles. The Hall–Kier alpha value is -2.89. The van der Waals surface area contributed by atoms with Crippen LogP contribution in [-0.4, -0.2) is 35.7 Å². The van der Waals surface area contributed by atoms with E-state index in [1.165, 1.54) is 6.08 Å². The highest BCUT2D eigenvalue weighted by Crippen LogP contribution is 2.34. The number of nitrogens with zero attached hydrogens (tertiary/aromatic N) is 2. The number of benzene rings is 1. The van der Waals surface area contributed by atoms with Crippen LogP contribution in [0.25, 0.3) is 0 Å². The maximum Gasteiger partial charge on any atom is 0.263 e. The molecule has 8 heteroatoms. The number of hydrogen-bond donors (Lipinski definition) is 1. The smallest absolute Gasteiger partial charge is 0.263 e. The van der Waals surface area contributed by atoms with Crippen LogP contribution in [0.15, 0.2) is 58.5 Å². The molecule has 1 atom stereocenters. The number of carbonyl (C=O) groups excluding carboxylic acids is 2. The molecule has 0 radical (unpaired) electrons. The monoisotopic (exact) mass is 409 g/mol. The van der Waals surface area contributed by atoms with Gasteiger partial charge in [0.2, 0.25) is 0 Å². The van der Waals surface area contributed by atoms with Gasteiger partial charge in [0.05, 0.1) is 29.1 Å². The summed E-state index contributed by atoms with van der Waals surface area (Å²) in [5.41, 5.74) is 1.83. The highest BCUT2D eigenvalue weighted by Gasteiger charge is 2.31. The van der Waals surface area contributed by atoms with E-state index in [1.807, 2.05) is 24.3 Å². The van der Waals surface area contributed by atoms with Crippen LogP contribution >= 0.6 is 24.0 Å². The van der Waals surface area contributed by atoms with Crippen molar-refractivity contribution in [2.24, 2.45) is 5.92 Å². The zero-order chi connectivity index (χ0) is 19.7. The van der Waals surface area contributed by atoms with Gasteiger partial charge in [0.25, 0.3) is 5.91 Å². The average molecular weight is 409 g/mol. The number of hydrogen-bond acceptors (Lipinski definition) is 7. The lowest BCUT2D eigenvalue weighted by molar-refractivity contribution is -0.117. The molecule has 1 aromatic rings. The zero-order valence-electron chi connectivity index (χ0n) is 14.7. The molecule has 28 heavy (non-hydrogen) atoms. The van der Waals surface area contributed by atoms with E-state index in [2.05, 4.69) is 16.3 Å². The minimum Gasteiger partial charge on any atom is -0.490 e. The molecule has 3 aliphatic rings. The van der Waals surface area contributed by atoms with Gasteiger partial charge in [0, 0.05) is 12.1 Å². The molecule has 1 saturated heterocycles. The van der Waals surface area contributed by atoms with E-state index in [9.17, 15) is 14.9 Å². The van der Waals surface area contributed by atoms with Crippen molar-refractivity contribution in [3.05, 3.63) is 58.5 Å². The lowest BCUT2D eigenvalue weighted by atomic mass is 9.85. The minimum absolute atomic E-state index is 0.123. The summed E-state index contributed by atoms with van der Waals surface area (Å²) < 4.78 is 6.05. The summed E-state index contributed by atoms with van der Waals surface area (Å²) in [4.78, 5) is 27.0. The first-order valence-electron chi connectivity index (χ1n) is 8.64. The SMILES string of the molecule is N#CC1=C(C=C2SC(=S)NC2=O)C=CC(=O)C1CN1CCOc2ccccc21. The number of rotatable bonds is 3. The Bertz CT molecular complexity index is 1020. The first kappa shape index (κ1) is 18.5. The molecule has 1 fully saturated rings. The number of thioether (sulfide) groups is 1. The van der Waals surface area contributed by atoms with E-state index in [4.69, 9.17) is 17.0 Å². The molecule has 2 aliphatic heterocycles. The van der Waals surface area contributed by atoms with Gasteiger partial charge in [-0.3, -0.25) is 9.59 Å². The fourth-order valence-corrected chi connectivity index (χ4v) is 4.41. The first-order chi connectivity index (χ1) is 13.6. The fraction of sp³-hybridized carbons (Fsp3) is 0.200. The molecular formula is C20H15N3O3S2. The van der Waals surface area contributed by atoms with Crippen LogP contribution in [0.2, 0.25) is 0 Å². The van der Waals surface area contributed by atoms with Crippen LogP contribution in [0.4, 0.5) is 5.69 Å². The number of nitrogens with one attached hydrogen (secondary N) is 1. The molecule has 1 aliphatic carbocycles. The number of anilines is 1. The van der Waals surface area contributed by atoms with Crippen LogP contribution in [0, 0.1) is 17.2 Å². The Labute approximate surface area is 171 Å². The van der Waals surface area contributed by atoms with Crippen molar-refractivity contribution < 1.29 is 14.3 Å². The zero-order valence-corrected chi connectivity index (χ0v) is 16.3. The Kier molecular flexibility index (Phi) is 5.03. The Morgan fingerprint density at radius 2 is 2.18 bits per heavy atom. The third-order valence-electron chi connectivity index (χ3n) is 4.71. The molecule has 4 rings (SSSR count). The summed E-state index contributed by atoms with van der Waals surface area (Å²) in [7, 11) is 0. The number of para-hydroxylation sites is 2. The molecule has 140 valence electrons. The molecule has 6 nitrogen and oxygen atoms in total. The van der Waals surface area contributed by atoms with Gasteiger partial charge in [-0.1, -0.05) is 42.2 Å². The predicted molar refractivity (Wildman–Crippen MR) is 111 cm³/mol. The number of ether oxygens (including phenoxy) is 1. The lowest BCUT2D eigenvalue weighted by Gasteiger charge is -2.34. The van der Waals surface area contributed by atoms with Crippen molar-refractivity contribution >= 4 is 45.7 Å². The predicted octanol–water partition coefficient (Wildman–Crippen LogP) is 2.49.